The predicted octanol–water partition coefficient (Wildman–Crippen LogP) is 3.90. The smallest absolute Gasteiger partial charge is 0.151 e. The second kappa shape index (κ2) is 7.49. The first kappa shape index (κ1) is 15.9. The van der Waals surface area contributed by atoms with E-state index >= 15 is 0 Å². The minimum Gasteiger partial charge on any atom is -0.497 e. The number of hydrogen-bond donors (Lipinski definition) is 1. The fourth-order valence-electron chi connectivity index (χ4n) is 2.15. The van der Waals surface area contributed by atoms with Crippen molar-refractivity contribution >= 4 is 0 Å². The summed E-state index contributed by atoms with van der Waals surface area (Å²) in [5.74, 6) is 6.83. The lowest BCUT2D eigenvalue weighted by Gasteiger charge is -2.22. The van der Waals surface area contributed by atoms with Gasteiger partial charge in [0.1, 0.15) is 5.75 Å². The van der Waals surface area contributed by atoms with Gasteiger partial charge in [0.2, 0.25) is 0 Å². The first-order chi connectivity index (χ1) is 10.7. The van der Waals surface area contributed by atoms with Crippen LogP contribution in [0.15, 0.2) is 67.3 Å². The Morgan fingerprint density at radius 3 is 2.41 bits per heavy atom. The molecule has 0 aliphatic carbocycles. The lowest BCUT2D eigenvalue weighted by atomic mass is 9.89. The number of allylic oxidation sites excluding steroid dienone is 1. The van der Waals surface area contributed by atoms with Gasteiger partial charge in [0.15, 0.2) is 5.60 Å². The molecule has 0 saturated heterocycles. The number of aliphatic hydroxyl groups is 1. The Morgan fingerprint density at radius 2 is 1.82 bits per heavy atom. The molecule has 1 N–H and O–H groups in total. The van der Waals surface area contributed by atoms with Gasteiger partial charge in [-0.05, 0) is 42.7 Å². The Bertz CT molecular complexity index is 662. The molecule has 2 heteroatoms. The van der Waals surface area contributed by atoms with Crippen LogP contribution in [0.5, 0.6) is 5.75 Å². The summed E-state index contributed by atoms with van der Waals surface area (Å²) in [6.45, 7) is 3.72. The van der Waals surface area contributed by atoms with Gasteiger partial charge in [-0.25, -0.2) is 0 Å². The van der Waals surface area contributed by atoms with E-state index in [1.807, 2.05) is 54.6 Å². The average Bonchev–Trinajstić information content (AvgIpc) is 2.59. The molecular formula is C20H20O2. The second-order valence-electron chi connectivity index (χ2n) is 5.03. The van der Waals surface area contributed by atoms with Crippen molar-refractivity contribution in [3.8, 4) is 17.6 Å². The molecule has 2 aromatic rings. The minimum absolute atomic E-state index is 0.503. The summed E-state index contributed by atoms with van der Waals surface area (Å²) in [5.41, 5.74) is 0.447. The van der Waals surface area contributed by atoms with Gasteiger partial charge in [0.05, 0.1) is 7.11 Å². The minimum atomic E-state index is -1.20. The van der Waals surface area contributed by atoms with Crippen molar-refractivity contribution in [2.45, 2.75) is 18.4 Å². The maximum absolute atomic E-state index is 11.0. The molecule has 0 fully saturated rings. The quantitative estimate of drug-likeness (QED) is 0.669. The molecule has 1 unspecified atom stereocenters. The Hall–Kier alpha value is -2.50. The molecule has 0 bridgehead atoms. The first-order valence-electron chi connectivity index (χ1n) is 7.24. The highest BCUT2D eigenvalue weighted by atomic mass is 16.5. The van der Waals surface area contributed by atoms with E-state index in [2.05, 4.69) is 18.4 Å². The zero-order valence-electron chi connectivity index (χ0n) is 12.8. The van der Waals surface area contributed by atoms with Crippen molar-refractivity contribution in [2.75, 3.05) is 7.11 Å². The van der Waals surface area contributed by atoms with Crippen LogP contribution in [-0.2, 0) is 5.60 Å². The van der Waals surface area contributed by atoms with Crippen LogP contribution in [0, 0.1) is 11.8 Å². The first-order valence-corrected chi connectivity index (χ1v) is 7.24. The van der Waals surface area contributed by atoms with E-state index in [1.54, 1.807) is 13.2 Å². The molecule has 2 aromatic carbocycles. The van der Waals surface area contributed by atoms with Gasteiger partial charge in [-0.2, -0.15) is 0 Å². The maximum atomic E-state index is 11.0. The van der Waals surface area contributed by atoms with Gasteiger partial charge in [-0.3, -0.25) is 0 Å². The molecule has 0 aliphatic heterocycles. The van der Waals surface area contributed by atoms with Crippen LogP contribution in [-0.4, -0.2) is 12.2 Å². The zero-order valence-corrected chi connectivity index (χ0v) is 12.8. The summed E-state index contributed by atoms with van der Waals surface area (Å²) in [6.07, 6.45) is 2.98. The van der Waals surface area contributed by atoms with Gasteiger partial charge in [-0.1, -0.05) is 48.2 Å². The van der Waals surface area contributed by atoms with Crippen LogP contribution >= 0.6 is 0 Å². The summed E-state index contributed by atoms with van der Waals surface area (Å²) in [7, 11) is 1.62. The van der Waals surface area contributed by atoms with E-state index in [0.717, 1.165) is 16.9 Å². The van der Waals surface area contributed by atoms with Gasteiger partial charge in [0.25, 0.3) is 0 Å². The summed E-state index contributed by atoms with van der Waals surface area (Å²) in [4.78, 5) is 0. The lowest BCUT2D eigenvalue weighted by Crippen LogP contribution is -2.23. The molecule has 0 aromatic heterocycles. The third kappa shape index (κ3) is 4.00. The van der Waals surface area contributed by atoms with Gasteiger partial charge in [-0.15, -0.1) is 6.58 Å². The molecule has 1 atom stereocenters. The summed E-state index contributed by atoms with van der Waals surface area (Å²) in [5, 5.41) is 11.0. The average molecular weight is 292 g/mol. The van der Waals surface area contributed by atoms with Crippen molar-refractivity contribution in [3.63, 3.8) is 0 Å². The van der Waals surface area contributed by atoms with Crippen LogP contribution in [0.4, 0.5) is 0 Å². The Labute approximate surface area is 132 Å². The van der Waals surface area contributed by atoms with E-state index in [1.165, 1.54) is 0 Å². The predicted molar refractivity (Wildman–Crippen MR) is 89.6 cm³/mol. The Kier molecular flexibility index (Phi) is 5.41. The van der Waals surface area contributed by atoms with Crippen LogP contribution in [0.25, 0.3) is 0 Å². The van der Waals surface area contributed by atoms with E-state index in [4.69, 9.17) is 4.74 Å². The zero-order chi connectivity index (χ0) is 15.8. The van der Waals surface area contributed by atoms with E-state index in [0.29, 0.717) is 12.8 Å². The number of rotatable bonds is 5. The Morgan fingerprint density at radius 1 is 1.14 bits per heavy atom. The van der Waals surface area contributed by atoms with Crippen LogP contribution in [0.1, 0.15) is 24.0 Å². The third-order valence-electron chi connectivity index (χ3n) is 3.47. The summed E-state index contributed by atoms with van der Waals surface area (Å²) in [6, 6.07) is 17.0. The monoisotopic (exact) mass is 292 g/mol. The molecule has 0 radical (unpaired) electrons. The lowest BCUT2D eigenvalue weighted by molar-refractivity contribution is 0.0913. The SMILES string of the molecule is C=CCCC(O)(C#Cc1ccccc1)c1ccc(OC)cc1. The Balaban J connectivity index is 2.34. The topological polar surface area (TPSA) is 29.5 Å². The van der Waals surface area contributed by atoms with Gasteiger partial charge in [0, 0.05) is 5.56 Å². The van der Waals surface area contributed by atoms with Crippen molar-refractivity contribution in [3.05, 3.63) is 78.4 Å². The summed E-state index contributed by atoms with van der Waals surface area (Å²) >= 11 is 0. The largest absolute Gasteiger partial charge is 0.497 e. The molecular weight excluding hydrogens is 272 g/mol. The second-order valence-corrected chi connectivity index (χ2v) is 5.03. The molecule has 0 saturated carbocycles. The molecule has 0 heterocycles. The molecule has 2 rings (SSSR count). The highest BCUT2D eigenvalue weighted by molar-refractivity contribution is 5.41. The highest BCUT2D eigenvalue weighted by Gasteiger charge is 2.26. The normalized spacial score (nSPS) is 12.6. The van der Waals surface area contributed by atoms with Crippen LogP contribution < -0.4 is 4.74 Å². The van der Waals surface area contributed by atoms with Gasteiger partial charge >= 0.3 is 0 Å². The van der Waals surface area contributed by atoms with Crippen molar-refractivity contribution < 1.29 is 9.84 Å². The van der Waals surface area contributed by atoms with E-state index < -0.39 is 5.60 Å². The van der Waals surface area contributed by atoms with Crippen LogP contribution in [0.3, 0.4) is 0 Å². The standard InChI is InChI=1S/C20H20O2/c1-3-4-15-20(21,16-14-17-8-6-5-7-9-17)18-10-12-19(22-2)13-11-18/h3,5-13,21H,1,4,15H2,2H3. The molecule has 112 valence electrons. The molecule has 0 spiro atoms. The molecule has 22 heavy (non-hydrogen) atoms. The highest BCUT2D eigenvalue weighted by Crippen LogP contribution is 2.28. The number of hydrogen-bond acceptors (Lipinski definition) is 2. The number of benzene rings is 2. The van der Waals surface area contributed by atoms with Crippen molar-refractivity contribution in [1.29, 1.82) is 0 Å². The van der Waals surface area contributed by atoms with E-state index in [-0.39, 0.29) is 0 Å². The molecule has 2 nitrogen and oxygen atoms in total. The third-order valence-corrected chi connectivity index (χ3v) is 3.47. The van der Waals surface area contributed by atoms with Crippen LogP contribution in [0.2, 0.25) is 0 Å². The number of methoxy groups -OCH3 is 1. The van der Waals surface area contributed by atoms with Crippen molar-refractivity contribution in [1.82, 2.24) is 0 Å². The van der Waals surface area contributed by atoms with E-state index in [9.17, 15) is 5.11 Å². The summed E-state index contributed by atoms with van der Waals surface area (Å²) < 4.78 is 5.16. The van der Waals surface area contributed by atoms with Crippen molar-refractivity contribution in [2.24, 2.45) is 0 Å². The molecule has 0 aliphatic rings. The molecule has 0 amide bonds. The number of ether oxygens (including phenoxy) is 1. The fraction of sp³-hybridized carbons (Fsp3) is 0.200. The fourth-order valence-corrected chi connectivity index (χ4v) is 2.15. The van der Waals surface area contributed by atoms with Gasteiger partial charge < -0.3 is 9.84 Å². The maximum Gasteiger partial charge on any atom is 0.151 e.